The van der Waals surface area contributed by atoms with Crippen LogP contribution in [0.5, 0.6) is 5.88 Å². The zero-order chi connectivity index (χ0) is 14.8. The third-order valence-electron chi connectivity index (χ3n) is 1.84. The predicted octanol–water partition coefficient (Wildman–Crippen LogP) is 3.71. The number of hydrogen-bond acceptors (Lipinski definition) is 3. The van der Waals surface area contributed by atoms with Crippen LogP contribution in [0.4, 0.5) is 26.3 Å². The van der Waals surface area contributed by atoms with E-state index in [-0.39, 0.29) is 17.2 Å². The molecule has 0 saturated carbocycles. The molecule has 0 fully saturated rings. The summed E-state index contributed by atoms with van der Waals surface area (Å²) in [6.45, 7) is 0. The number of carbonyl (C=O) groups excluding carboxylic acids is 1. The first-order valence-electron chi connectivity index (χ1n) is 4.46. The highest BCUT2D eigenvalue weighted by Gasteiger charge is 2.39. The van der Waals surface area contributed by atoms with E-state index in [4.69, 9.17) is 0 Å². The first-order valence-corrected chi connectivity index (χ1v) is 5.58. The number of ether oxygens (including phenoxy) is 1. The second-order valence-electron chi connectivity index (χ2n) is 3.19. The Hall–Kier alpha value is -1.32. The Morgan fingerprint density at radius 3 is 2.21 bits per heavy atom. The van der Waals surface area contributed by atoms with Gasteiger partial charge in [-0.3, -0.25) is 4.79 Å². The average molecular weight is 352 g/mol. The smallest absolute Gasteiger partial charge is 0.388 e. The lowest BCUT2D eigenvalue weighted by Crippen LogP contribution is -2.21. The third-order valence-corrected chi connectivity index (χ3v) is 2.45. The lowest BCUT2D eigenvalue weighted by atomic mass is 10.1. The Kier molecular flexibility index (Phi) is 4.43. The molecular weight excluding hydrogens is 348 g/mol. The first kappa shape index (κ1) is 15.7. The van der Waals surface area contributed by atoms with Gasteiger partial charge in [0.25, 0.3) is 0 Å². The molecule has 10 heteroatoms. The maximum atomic E-state index is 12.5. The molecule has 1 aromatic rings. The molecular formula is C9H4BrF6NO2. The Balaban J connectivity index is 3.42. The molecule has 1 heterocycles. The van der Waals surface area contributed by atoms with Crippen molar-refractivity contribution in [1.82, 2.24) is 4.98 Å². The van der Waals surface area contributed by atoms with Gasteiger partial charge in [-0.1, -0.05) is 15.9 Å². The molecule has 0 aliphatic carbocycles. The molecule has 19 heavy (non-hydrogen) atoms. The van der Waals surface area contributed by atoms with Crippen molar-refractivity contribution in [3.63, 3.8) is 0 Å². The number of alkyl halides is 7. The fourth-order valence-corrected chi connectivity index (χ4v) is 1.57. The highest BCUT2D eigenvalue weighted by atomic mass is 79.9. The number of nitrogens with zero attached hydrogens (tertiary/aromatic N) is 1. The zero-order valence-electron chi connectivity index (χ0n) is 8.77. The summed E-state index contributed by atoms with van der Waals surface area (Å²) < 4.78 is 77.1. The summed E-state index contributed by atoms with van der Waals surface area (Å²) in [4.78, 5) is 13.3. The van der Waals surface area contributed by atoms with E-state index in [0.29, 0.717) is 6.07 Å². The van der Waals surface area contributed by atoms with Crippen molar-refractivity contribution in [3.8, 4) is 5.88 Å². The average Bonchev–Trinajstić information content (AvgIpc) is 2.25. The van der Waals surface area contributed by atoms with E-state index in [2.05, 4.69) is 25.7 Å². The van der Waals surface area contributed by atoms with Crippen LogP contribution in [-0.4, -0.2) is 17.6 Å². The number of aromatic nitrogens is 1. The summed E-state index contributed by atoms with van der Waals surface area (Å²) in [5.41, 5.74) is -2.92. The van der Waals surface area contributed by atoms with Crippen LogP contribution >= 0.6 is 15.9 Å². The fraction of sp³-hybridized carbons (Fsp3) is 0.333. The largest absolute Gasteiger partial charge is 0.574 e. The van der Waals surface area contributed by atoms with Gasteiger partial charge in [0.15, 0.2) is 12.0 Å². The van der Waals surface area contributed by atoms with Gasteiger partial charge < -0.3 is 4.74 Å². The van der Waals surface area contributed by atoms with Crippen molar-refractivity contribution in [3.05, 3.63) is 22.9 Å². The maximum absolute atomic E-state index is 12.5. The lowest BCUT2D eigenvalue weighted by Gasteiger charge is -2.15. The molecule has 0 aliphatic rings. The van der Waals surface area contributed by atoms with Crippen LogP contribution in [-0.2, 0) is 11.5 Å². The second kappa shape index (κ2) is 5.35. The molecule has 0 saturated heterocycles. The summed E-state index contributed by atoms with van der Waals surface area (Å²) >= 11 is 2.77. The third kappa shape index (κ3) is 4.08. The summed E-state index contributed by atoms with van der Waals surface area (Å²) in [6.07, 6.45) is -10.4. The van der Waals surface area contributed by atoms with Crippen LogP contribution in [0.25, 0.3) is 0 Å². The van der Waals surface area contributed by atoms with E-state index in [9.17, 15) is 31.1 Å². The molecule has 0 unspecified atom stereocenters. The quantitative estimate of drug-likeness (QED) is 0.473. The van der Waals surface area contributed by atoms with Gasteiger partial charge in [0.1, 0.15) is 0 Å². The highest BCUT2D eigenvalue weighted by Crippen LogP contribution is 2.35. The molecule has 0 atom stereocenters. The topological polar surface area (TPSA) is 39.2 Å². The Labute approximate surface area is 110 Å². The van der Waals surface area contributed by atoms with Crippen molar-refractivity contribution in [2.24, 2.45) is 0 Å². The summed E-state index contributed by atoms with van der Waals surface area (Å²) in [6, 6.07) is 0.638. The minimum atomic E-state index is -5.19. The number of halogens is 7. The van der Waals surface area contributed by atoms with Gasteiger partial charge in [-0.25, -0.2) is 4.98 Å². The standard InChI is InChI=1S/C9H4BrF6NO2/c10-2-4-1-5(3-18)6(8(11,12)13)17-7(4)19-9(14,15)16/h1,3H,2H2. The van der Waals surface area contributed by atoms with Gasteiger partial charge in [-0.05, 0) is 6.07 Å². The van der Waals surface area contributed by atoms with Gasteiger partial charge in [0.2, 0.25) is 5.88 Å². The summed E-state index contributed by atoms with van der Waals surface area (Å²) in [7, 11) is 0. The molecule has 0 aromatic carbocycles. The molecule has 106 valence electrons. The van der Waals surface area contributed by atoms with Crippen molar-refractivity contribution in [2.45, 2.75) is 17.9 Å². The molecule has 0 bridgehead atoms. The van der Waals surface area contributed by atoms with Gasteiger partial charge in [-0.15, -0.1) is 13.2 Å². The number of carbonyl (C=O) groups is 1. The normalized spacial score (nSPS) is 12.4. The zero-order valence-corrected chi connectivity index (χ0v) is 10.4. The SMILES string of the molecule is O=Cc1cc(CBr)c(OC(F)(F)F)nc1C(F)(F)F. The van der Waals surface area contributed by atoms with Gasteiger partial charge in [0.05, 0.1) is 0 Å². The predicted molar refractivity (Wildman–Crippen MR) is 53.9 cm³/mol. The van der Waals surface area contributed by atoms with Crippen LogP contribution in [0.3, 0.4) is 0 Å². The summed E-state index contributed by atoms with van der Waals surface area (Å²) in [5, 5.41) is -0.260. The van der Waals surface area contributed by atoms with E-state index >= 15 is 0 Å². The van der Waals surface area contributed by atoms with Gasteiger partial charge in [-0.2, -0.15) is 13.2 Å². The van der Waals surface area contributed by atoms with Crippen LogP contribution in [0.15, 0.2) is 6.07 Å². The van der Waals surface area contributed by atoms with Crippen molar-refractivity contribution in [1.29, 1.82) is 0 Å². The van der Waals surface area contributed by atoms with Crippen molar-refractivity contribution < 1.29 is 35.9 Å². The van der Waals surface area contributed by atoms with Crippen molar-refractivity contribution >= 4 is 22.2 Å². The molecule has 0 N–H and O–H groups in total. The lowest BCUT2D eigenvalue weighted by molar-refractivity contribution is -0.276. The maximum Gasteiger partial charge on any atom is 0.574 e. The van der Waals surface area contributed by atoms with Crippen LogP contribution in [0.2, 0.25) is 0 Å². The molecule has 3 nitrogen and oxygen atoms in total. The Morgan fingerprint density at radius 2 is 1.84 bits per heavy atom. The van der Waals surface area contributed by atoms with Crippen LogP contribution in [0.1, 0.15) is 21.6 Å². The molecule has 0 spiro atoms. The Bertz CT molecular complexity index is 485. The molecule has 1 aromatic heterocycles. The Morgan fingerprint density at radius 1 is 1.26 bits per heavy atom. The molecule has 0 radical (unpaired) electrons. The minimum Gasteiger partial charge on any atom is -0.388 e. The van der Waals surface area contributed by atoms with Crippen LogP contribution in [0, 0.1) is 0 Å². The monoisotopic (exact) mass is 351 g/mol. The van der Waals surface area contributed by atoms with Gasteiger partial charge >= 0.3 is 12.5 Å². The molecule has 1 rings (SSSR count). The highest BCUT2D eigenvalue weighted by molar-refractivity contribution is 9.08. The van der Waals surface area contributed by atoms with E-state index in [1.165, 1.54) is 0 Å². The number of pyridine rings is 1. The summed E-state index contributed by atoms with van der Waals surface area (Å²) in [5.74, 6) is -1.25. The van der Waals surface area contributed by atoms with Crippen LogP contribution < -0.4 is 4.74 Å². The van der Waals surface area contributed by atoms with E-state index in [1.807, 2.05) is 0 Å². The number of hydrogen-bond donors (Lipinski definition) is 0. The second-order valence-corrected chi connectivity index (χ2v) is 3.75. The minimum absolute atomic E-state index is 0.140. The molecule has 0 amide bonds. The fourth-order valence-electron chi connectivity index (χ4n) is 1.17. The van der Waals surface area contributed by atoms with E-state index in [1.54, 1.807) is 0 Å². The van der Waals surface area contributed by atoms with E-state index in [0.717, 1.165) is 0 Å². The van der Waals surface area contributed by atoms with Crippen molar-refractivity contribution in [2.75, 3.05) is 0 Å². The molecule has 0 aliphatic heterocycles. The van der Waals surface area contributed by atoms with Gasteiger partial charge in [0, 0.05) is 16.5 Å². The van der Waals surface area contributed by atoms with E-state index < -0.39 is 29.7 Å². The first-order chi connectivity index (χ1) is 8.58. The number of rotatable bonds is 3. The number of aldehydes is 1.